The maximum atomic E-state index is 6.43. The zero-order valence-corrected chi connectivity index (χ0v) is 23.0. The first-order valence-electron chi connectivity index (χ1n) is 14.6. The molecule has 43 heavy (non-hydrogen) atoms. The molecule has 3 aromatic heterocycles. The first kappa shape index (κ1) is 22.8. The lowest BCUT2D eigenvalue weighted by atomic mass is 9.92. The third kappa shape index (κ3) is 3.07. The number of fused-ring (bicyclic) bond motifs is 13. The van der Waals surface area contributed by atoms with E-state index in [0.29, 0.717) is 0 Å². The minimum atomic E-state index is 0.800. The number of furan rings is 1. The lowest BCUT2D eigenvalue weighted by Gasteiger charge is -2.12. The third-order valence-electron chi connectivity index (χ3n) is 8.91. The summed E-state index contributed by atoms with van der Waals surface area (Å²) in [6, 6.07) is 49.5. The van der Waals surface area contributed by atoms with Crippen molar-refractivity contribution in [2.45, 2.75) is 0 Å². The summed E-state index contributed by atoms with van der Waals surface area (Å²) < 4.78 is 10.8. The van der Waals surface area contributed by atoms with Crippen molar-refractivity contribution in [2.24, 2.45) is 0 Å². The molecule has 3 heterocycles. The molecule has 0 aliphatic rings. The Morgan fingerprint density at radius 3 is 1.81 bits per heavy atom. The fourth-order valence-corrected chi connectivity index (χ4v) is 6.99. The molecule has 0 radical (unpaired) electrons. The Labute approximate surface area is 245 Å². The molecular formula is C39H23N3O. The van der Waals surface area contributed by atoms with E-state index in [-0.39, 0.29) is 0 Å². The normalized spacial score (nSPS) is 12.2. The van der Waals surface area contributed by atoms with E-state index < -0.39 is 0 Å². The summed E-state index contributed by atoms with van der Waals surface area (Å²) in [5.74, 6) is 0.842. The highest BCUT2D eigenvalue weighted by Crippen LogP contribution is 2.39. The highest BCUT2D eigenvalue weighted by atomic mass is 16.3. The summed E-state index contributed by atoms with van der Waals surface area (Å²) in [6.07, 6.45) is 0. The van der Waals surface area contributed by atoms with Gasteiger partial charge in [-0.3, -0.25) is 4.40 Å². The van der Waals surface area contributed by atoms with Gasteiger partial charge in [-0.1, -0.05) is 97.1 Å². The average molecular weight is 550 g/mol. The van der Waals surface area contributed by atoms with E-state index in [1.165, 1.54) is 37.9 Å². The number of para-hydroxylation sites is 2. The van der Waals surface area contributed by atoms with Crippen LogP contribution >= 0.6 is 0 Å². The largest absolute Gasteiger partial charge is 0.437 e. The van der Waals surface area contributed by atoms with Gasteiger partial charge in [-0.2, -0.15) is 0 Å². The second kappa shape index (κ2) is 8.34. The topological polar surface area (TPSA) is 35.4 Å². The summed E-state index contributed by atoms with van der Waals surface area (Å²) >= 11 is 0. The zero-order valence-electron chi connectivity index (χ0n) is 23.0. The predicted octanol–water partition coefficient (Wildman–Crippen LogP) is 10.3. The molecule has 0 spiro atoms. The number of imidazole rings is 2. The fourth-order valence-electron chi connectivity index (χ4n) is 6.99. The predicted molar refractivity (Wildman–Crippen MR) is 177 cm³/mol. The Morgan fingerprint density at radius 1 is 0.488 bits per heavy atom. The standard InChI is InChI=1S/C39H23N3O/c1-2-10-26(11-3-1)41-38-37(32-16-8-9-17-36(32)43-38)42-35-21-19-25(23-34(35)40-39(41)42)24-18-20-31-29-14-5-4-12-27(29)28-13-6-7-15-30(28)33(31)22-24/h1-23H. The van der Waals surface area contributed by atoms with Crippen molar-refractivity contribution >= 4 is 71.3 Å². The number of nitrogens with zero attached hydrogens (tertiary/aromatic N) is 3. The summed E-state index contributed by atoms with van der Waals surface area (Å²) in [6.45, 7) is 0. The van der Waals surface area contributed by atoms with E-state index in [1.807, 2.05) is 30.3 Å². The van der Waals surface area contributed by atoms with Crippen molar-refractivity contribution in [1.82, 2.24) is 14.0 Å². The summed E-state index contributed by atoms with van der Waals surface area (Å²) in [7, 11) is 0. The van der Waals surface area contributed by atoms with Crippen LogP contribution in [0.5, 0.6) is 0 Å². The summed E-state index contributed by atoms with van der Waals surface area (Å²) in [5.41, 5.74) is 8.06. The van der Waals surface area contributed by atoms with Crippen LogP contribution in [0, 0.1) is 0 Å². The van der Waals surface area contributed by atoms with Crippen LogP contribution in [0.2, 0.25) is 0 Å². The molecule has 4 heteroatoms. The van der Waals surface area contributed by atoms with E-state index in [1.54, 1.807) is 0 Å². The van der Waals surface area contributed by atoms with E-state index >= 15 is 0 Å². The Hall–Kier alpha value is -5.87. The van der Waals surface area contributed by atoms with Gasteiger partial charge in [0.05, 0.1) is 16.7 Å². The second-order valence-corrected chi connectivity index (χ2v) is 11.2. The smallest absolute Gasteiger partial charge is 0.232 e. The number of rotatable bonds is 2. The van der Waals surface area contributed by atoms with E-state index in [0.717, 1.165) is 50.3 Å². The van der Waals surface area contributed by atoms with Gasteiger partial charge in [0.15, 0.2) is 0 Å². The zero-order chi connectivity index (χ0) is 28.1. The number of hydrogen-bond donors (Lipinski definition) is 0. The molecule has 10 rings (SSSR count). The van der Waals surface area contributed by atoms with Crippen LogP contribution in [0.25, 0.3) is 88.1 Å². The lowest BCUT2D eigenvalue weighted by Crippen LogP contribution is -1.94. The minimum absolute atomic E-state index is 0.800. The number of aromatic nitrogens is 3. The monoisotopic (exact) mass is 549 g/mol. The van der Waals surface area contributed by atoms with Crippen LogP contribution in [0.15, 0.2) is 144 Å². The highest BCUT2D eigenvalue weighted by Gasteiger charge is 2.23. The van der Waals surface area contributed by atoms with Crippen molar-refractivity contribution in [3.63, 3.8) is 0 Å². The van der Waals surface area contributed by atoms with Crippen molar-refractivity contribution in [3.05, 3.63) is 140 Å². The molecule has 0 bridgehead atoms. The molecule has 0 amide bonds. The van der Waals surface area contributed by atoms with E-state index in [9.17, 15) is 0 Å². The molecule has 0 N–H and O–H groups in total. The Morgan fingerprint density at radius 2 is 1.07 bits per heavy atom. The molecule has 0 atom stereocenters. The van der Waals surface area contributed by atoms with E-state index in [4.69, 9.17) is 9.40 Å². The Kier molecular flexibility index (Phi) is 4.42. The molecule has 0 fully saturated rings. The van der Waals surface area contributed by atoms with Gasteiger partial charge in [-0.15, -0.1) is 0 Å². The quantitative estimate of drug-likeness (QED) is 0.201. The molecule has 0 unspecified atom stereocenters. The molecule has 10 aromatic rings. The van der Waals surface area contributed by atoms with Crippen molar-refractivity contribution < 1.29 is 4.42 Å². The van der Waals surface area contributed by atoms with Crippen LogP contribution in [0.4, 0.5) is 0 Å². The van der Waals surface area contributed by atoms with Crippen LogP contribution in [-0.2, 0) is 0 Å². The first-order valence-corrected chi connectivity index (χ1v) is 14.6. The highest BCUT2D eigenvalue weighted by molar-refractivity contribution is 6.25. The molecule has 0 aliphatic carbocycles. The van der Waals surface area contributed by atoms with Crippen molar-refractivity contribution in [3.8, 4) is 16.8 Å². The molecule has 4 nitrogen and oxygen atoms in total. The molecular weight excluding hydrogens is 526 g/mol. The lowest BCUT2D eigenvalue weighted by molar-refractivity contribution is 0.645. The fraction of sp³-hybridized carbons (Fsp3) is 0. The van der Waals surface area contributed by atoms with Gasteiger partial charge in [0.25, 0.3) is 0 Å². The van der Waals surface area contributed by atoms with Gasteiger partial charge in [-0.05, 0) is 85.9 Å². The Balaban J connectivity index is 1.25. The van der Waals surface area contributed by atoms with Gasteiger partial charge in [0.2, 0.25) is 11.5 Å². The van der Waals surface area contributed by atoms with Gasteiger partial charge >= 0.3 is 0 Å². The number of hydrogen-bond acceptors (Lipinski definition) is 2. The van der Waals surface area contributed by atoms with Crippen LogP contribution in [0.1, 0.15) is 0 Å². The van der Waals surface area contributed by atoms with Crippen LogP contribution in [-0.4, -0.2) is 14.0 Å². The summed E-state index contributed by atoms with van der Waals surface area (Å²) in [5, 5.41) is 8.76. The Bertz CT molecular complexity index is 2690. The average Bonchev–Trinajstić information content (AvgIpc) is 3.71. The second-order valence-electron chi connectivity index (χ2n) is 11.2. The number of benzene rings is 7. The first-order chi connectivity index (χ1) is 21.3. The van der Waals surface area contributed by atoms with Crippen LogP contribution in [0.3, 0.4) is 0 Å². The van der Waals surface area contributed by atoms with Crippen molar-refractivity contribution in [2.75, 3.05) is 0 Å². The maximum absolute atomic E-state index is 6.43. The molecule has 0 saturated heterocycles. The minimum Gasteiger partial charge on any atom is -0.437 e. The SMILES string of the molecule is c1ccc(-n2c3oc4ccccc4c3n3c4ccc(-c5ccc6c7ccccc7c7ccccc7c6c5)cc4nc23)cc1. The summed E-state index contributed by atoms with van der Waals surface area (Å²) in [4.78, 5) is 5.21. The van der Waals surface area contributed by atoms with Gasteiger partial charge in [0.1, 0.15) is 11.1 Å². The van der Waals surface area contributed by atoms with Gasteiger partial charge in [0, 0.05) is 5.39 Å². The van der Waals surface area contributed by atoms with Crippen molar-refractivity contribution in [1.29, 1.82) is 0 Å². The maximum Gasteiger partial charge on any atom is 0.232 e. The van der Waals surface area contributed by atoms with Gasteiger partial charge < -0.3 is 4.42 Å². The van der Waals surface area contributed by atoms with Gasteiger partial charge in [-0.25, -0.2) is 9.55 Å². The molecule has 200 valence electrons. The molecule has 7 aromatic carbocycles. The van der Waals surface area contributed by atoms with E-state index in [2.05, 4.69) is 118 Å². The molecule has 0 saturated carbocycles. The third-order valence-corrected chi connectivity index (χ3v) is 8.91. The van der Waals surface area contributed by atoms with Crippen LogP contribution < -0.4 is 0 Å². The molecule has 0 aliphatic heterocycles.